The predicted molar refractivity (Wildman–Crippen MR) is 113 cm³/mol. The average Bonchev–Trinajstić information content (AvgIpc) is 2.39. The lowest BCUT2D eigenvalue weighted by Gasteiger charge is -2.51. The summed E-state index contributed by atoms with van der Waals surface area (Å²) in [5, 5.41) is 18.8. The molecule has 1 atom stereocenters. The van der Waals surface area contributed by atoms with Gasteiger partial charge < -0.3 is 21.4 Å². The van der Waals surface area contributed by atoms with Crippen molar-refractivity contribution in [1.82, 2.24) is 16.0 Å². The minimum atomic E-state index is -0.782. The van der Waals surface area contributed by atoms with Crippen LogP contribution in [0.4, 0.5) is 0 Å². The van der Waals surface area contributed by atoms with Gasteiger partial charge in [0.25, 0.3) is 0 Å². The zero-order chi connectivity index (χ0) is 20.9. The van der Waals surface area contributed by atoms with E-state index in [9.17, 15) is 4.79 Å². The van der Waals surface area contributed by atoms with Crippen LogP contribution in [0.2, 0.25) is 0 Å². The molecule has 0 aromatic rings. The third-order valence-corrected chi connectivity index (χ3v) is 6.35. The van der Waals surface area contributed by atoms with Gasteiger partial charge in [0.15, 0.2) is 0 Å². The average molecular weight is 379 g/mol. The molecule has 1 amide bonds. The Morgan fingerprint density at radius 3 is 1.63 bits per heavy atom. The van der Waals surface area contributed by atoms with Crippen LogP contribution in [0.25, 0.3) is 0 Å². The fraction of sp³-hybridized carbons (Fsp3) is 0.909. The van der Waals surface area contributed by atoms with Crippen molar-refractivity contribution < 1.29 is 4.79 Å². The summed E-state index contributed by atoms with van der Waals surface area (Å²) in [5.41, 5.74) is -0.903. The number of carbonyl (C=O) groups is 1. The van der Waals surface area contributed by atoms with Crippen LogP contribution in [-0.4, -0.2) is 40.3 Å². The fourth-order valence-electron chi connectivity index (χ4n) is 5.88. The Labute approximate surface area is 166 Å². The lowest BCUT2D eigenvalue weighted by atomic mass is 9.64. The molecule has 0 spiro atoms. The van der Waals surface area contributed by atoms with E-state index in [0.717, 1.165) is 25.7 Å². The molecule has 2 saturated heterocycles. The molecule has 0 aromatic heterocycles. The second-order valence-electron chi connectivity index (χ2n) is 11.9. The highest BCUT2D eigenvalue weighted by molar-refractivity contribution is 5.97. The first kappa shape index (κ1) is 22.4. The van der Waals surface area contributed by atoms with Gasteiger partial charge in [0.05, 0.1) is 5.41 Å². The molecule has 27 heavy (non-hydrogen) atoms. The van der Waals surface area contributed by atoms with Crippen molar-refractivity contribution in [2.24, 2.45) is 11.3 Å². The Balaban J connectivity index is 2.20. The quantitative estimate of drug-likeness (QED) is 0.564. The largest absolute Gasteiger partial charge is 0.352 e. The number of carbonyl (C=O) groups excluding carboxylic acids is 1. The highest BCUT2D eigenvalue weighted by atomic mass is 16.2. The minimum absolute atomic E-state index is 0.00880. The van der Waals surface area contributed by atoms with Crippen LogP contribution >= 0.6 is 0 Å². The van der Waals surface area contributed by atoms with E-state index in [2.05, 4.69) is 71.3 Å². The molecule has 156 valence electrons. The van der Waals surface area contributed by atoms with Crippen LogP contribution in [0.3, 0.4) is 0 Å². The van der Waals surface area contributed by atoms with Crippen molar-refractivity contribution in [2.75, 3.05) is 0 Å². The maximum atomic E-state index is 13.4. The molecular weight excluding hydrogens is 336 g/mol. The number of hydrogen-bond acceptors (Lipinski definition) is 4. The number of piperidine rings is 2. The van der Waals surface area contributed by atoms with Gasteiger partial charge in [-0.2, -0.15) is 0 Å². The predicted octanol–water partition coefficient (Wildman–Crippen LogP) is 3.62. The van der Waals surface area contributed by atoms with Gasteiger partial charge in [0.2, 0.25) is 5.91 Å². The Kier molecular flexibility index (Phi) is 5.66. The van der Waals surface area contributed by atoms with Gasteiger partial charge in [-0.25, -0.2) is 0 Å². The van der Waals surface area contributed by atoms with E-state index in [1.54, 1.807) is 0 Å². The normalized spacial score (nSPS) is 29.5. The molecule has 0 aliphatic carbocycles. The van der Waals surface area contributed by atoms with Crippen LogP contribution in [0.5, 0.6) is 0 Å². The topological polar surface area (TPSA) is 77.0 Å². The molecule has 5 nitrogen and oxygen atoms in total. The van der Waals surface area contributed by atoms with Gasteiger partial charge in [-0.15, -0.1) is 0 Å². The lowest BCUT2D eigenvalue weighted by molar-refractivity contribution is -0.131. The molecule has 2 aliphatic rings. The zero-order valence-electron chi connectivity index (χ0n) is 19.0. The first-order valence-corrected chi connectivity index (χ1v) is 10.4. The SMILES string of the molecule is CC1(C)CC(NC(=O)C(C)(C=N)C2CC(C)(C)NC(C)(C)C2)CC(C)(C)N1. The van der Waals surface area contributed by atoms with Crippen LogP contribution in [0.15, 0.2) is 0 Å². The second kappa shape index (κ2) is 6.84. The molecular formula is C22H42N4O. The Bertz CT molecular complexity index is 561. The first-order valence-electron chi connectivity index (χ1n) is 10.4. The molecule has 0 aromatic carbocycles. The van der Waals surface area contributed by atoms with Crippen molar-refractivity contribution in [2.45, 2.75) is 116 Å². The summed E-state index contributed by atoms with van der Waals surface area (Å²) in [7, 11) is 0. The van der Waals surface area contributed by atoms with E-state index in [-0.39, 0.29) is 40.0 Å². The summed E-state index contributed by atoms with van der Waals surface area (Å²) in [4.78, 5) is 13.4. The van der Waals surface area contributed by atoms with E-state index in [1.165, 1.54) is 6.21 Å². The molecule has 2 aliphatic heterocycles. The second-order valence-corrected chi connectivity index (χ2v) is 11.9. The van der Waals surface area contributed by atoms with Crippen LogP contribution in [0.1, 0.15) is 88.0 Å². The van der Waals surface area contributed by atoms with Gasteiger partial charge in [-0.1, -0.05) is 0 Å². The summed E-state index contributed by atoms with van der Waals surface area (Å²) in [6.45, 7) is 19.5. The maximum absolute atomic E-state index is 13.4. The molecule has 2 heterocycles. The van der Waals surface area contributed by atoms with E-state index >= 15 is 0 Å². The number of nitrogens with one attached hydrogen (secondary N) is 4. The Morgan fingerprint density at radius 1 is 0.889 bits per heavy atom. The van der Waals surface area contributed by atoms with E-state index < -0.39 is 5.41 Å². The Hall–Kier alpha value is -0.940. The molecule has 4 N–H and O–H groups in total. The highest BCUT2D eigenvalue weighted by Crippen LogP contribution is 2.42. The Morgan fingerprint density at radius 2 is 1.26 bits per heavy atom. The van der Waals surface area contributed by atoms with Gasteiger partial charge in [0, 0.05) is 34.4 Å². The molecule has 2 rings (SSSR count). The summed E-state index contributed by atoms with van der Waals surface area (Å²) < 4.78 is 0. The van der Waals surface area contributed by atoms with Crippen molar-refractivity contribution in [3.05, 3.63) is 0 Å². The lowest BCUT2D eigenvalue weighted by Crippen LogP contribution is -2.64. The van der Waals surface area contributed by atoms with Crippen LogP contribution < -0.4 is 16.0 Å². The van der Waals surface area contributed by atoms with Crippen molar-refractivity contribution in [3.63, 3.8) is 0 Å². The smallest absolute Gasteiger partial charge is 0.231 e. The molecule has 5 heteroatoms. The fourth-order valence-corrected chi connectivity index (χ4v) is 5.88. The van der Waals surface area contributed by atoms with Crippen molar-refractivity contribution >= 4 is 12.1 Å². The zero-order valence-corrected chi connectivity index (χ0v) is 19.0. The molecule has 1 unspecified atom stereocenters. The molecule has 0 bridgehead atoms. The summed E-state index contributed by atoms with van der Waals surface area (Å²) in [6, 6.07) is 0.130. The van der Waals surface area contributed by atoms with Gasteiger partial charge in [-0.05, 0) is 93.9 Å². The molecule has 2 fully saturated rings. The van der Waals surface area contributed by atoms with Crippen molar-refractivity contribution in [1.29, 1.82) is 5.41 Å². The number of hydrogen-bond donors (Lipinski definition) is 4. The van der Waals surface area contributed by atoms with Gasteiger partial charge >= 0.3 is 0 Å². The van der Waals surface area contributed by atoms with Gasteiger partial charge in [-0.3, -0.25) is 4.79 Å². The van der Waals surface area contributed by atoms with Crippen molar-refractivity contribution in [3.8, 4) is 0 Å². The summed E-state index contributed by atoms with van der Waals surface area (Å²) >= 11 is 0. The van der Waals surface area contributed by atoms with Crippen LogP contribution in [0, 0.1) is 16.7 Å². The third kappa shape index (κ3) is 5.32. The van der Waals surface area contributed by atoms with Crippen LogP contribution in [-0.2, 0) is 4.79 Å². The van der Waals surface area contributed by atoms with Gasteiger partial charge in [0.1, 0.15) is 0 Å². The number of amides is 1. The molecule has 0 radical (unpaired) electrons. The van der Waals surface area contributed by atoms with E-state index in [0.29, 0.717) is 0 Å². The summed E-state index contributed by atoms with van der Waals surface area (Å²) in [6.07, 6.45) is 4.97. The van der Waals surface area contributed by atoms with E-state index in [4.69, 9.17) is 5.41 Å². The first-order chi connectivity index (χ1) is 12.0. The maximum Gasteiger partial charge on any atom is 0.231 e. The monoisotopic (exact) mass is 378 g/mol. The summed E-state index contributed by atoms with van der Waals surface area (Å²) in [5.74, 6) is 0.151. The standard InChI is InChI=1S/C22H42N4O/c1-18(2)10-15(11-19(3,4)25-18)22(9,14-23)17(27)24-16-12-20(5,6)26-21(7,8)13-16/h14-16,23,25-26H,10-13H2,1-9H3,(H,24,27). The third-order valence-electron chi connectivity index (χ3n) is 6.35. The van der Waals surface area contributed by atoms with E-state index in [1.807, 2.05) is 6.92 Å². The minimum Gasteiger partial charge on any atom is -0.352 e. The number of rotatable bonds is 4. The molecule has 0 saturated carbocycles. The highest BCUT2D eigenvalue weighted by Gasteiger charge is 2.49.